The number of nitrogens with one attached hydrogen (secondary N) is 1. The summed E-state index contributed by atoms with van der Waals surface area (Å²) in [6.07, 6.45) is -2.96. The molecule has 1 unspecified atom stereocenters. The predicted molar refractivity (Wildman–Crippen MR) is 127 cm³/mol. The lowest BCUT2D eigenvalue weighted by molar-refractivity contribution is -0.155. The first kappa shape index (κ1) is 25.1. The molecule has 2 aromatic rings. The van der Waals surface area contributed by atoms with Crippen molar-refractivity contribution in [1.82, 2.24) is 10.2 Å². The molecule has 0 aromatic heterocycles. The number of benzene rings is 2. The molecule has 3 N–H and O–H groups in total. The number of likely N-dealkylation sites (tertiary alicyclic amines) is 1. The molecule has 1 fully saturated rings. The summed E-state index contributed by atoms with van der Waals surface area (Å²) in [4.78, 5) is 39.2. The molecule has 1 aliphatic rings. The van der Waals surface area contributed by atoms with Crippen LogP contribution in [0.25, 0.3) is 0 Å². The standard InChI is InChI=1S/C25H29BrN2O5/c1-16(18-8-10-20(26)11-9-18)27-23(32)21(30)22(31)24(33)28-14-12-25(13-15-28,17(2)29)19-6-4-3-5-7-19/h3-11,16,21-22,30-31H,12-15H2,1-2H3,(H,27,32)/t16-,21?,22+/m0/s1. The second-order valence-electron chi connectivity index (χ2n) is 8.50. The van der Waals surface area contributed by atoms with Crippen molar-refractivity contribution in [2.45, 2.75) is 50.4 Å². The van der Waals surface area contributed by atoms with E-state index >= 15 is 0 Å². The van der Waals surface area contributed by atoms with Gasteiger partial charge in [0.2, 0.25) is 0 Å². The zero-order valence-corrected chi connectivity index (χ0v) is 20.3. The first-order chi connectivity index (χ1) is 15.7. The normalized spacial score (nSPS) is 18.2. The van der Waals surface area contributed by atoms with Gasteiger partial charge in [-0.25, -0.2) is 0 Å². The predicted octanol–water partition coefficient (Wildman–Crippen LogP) is 2.50. The molecular formula is C25H29BrN2O5. The quantitative estimate of drug-likeness (QED) is 0.524. The minimum atomic E-state index is -1.90. The number of piperidine rings is 1. The number of nitrogens with zero attached hydrogens (tertiary/aromatic N) is 1. The number of ketones is 1. The molecule has 1 aliphatic heterocycles. The van der Waals surface area contributed by atoms with Crippen LogP contribution in [0.4, 0.5) is 0 Å². The number of halogens is 1. The van der Waals surface area contributed by atoms with Crippen molar-refractivity contribution in [1.29, 1.82) is 0 Å². The highest BCUT2D eigenvalue weighted by Gasteiger charge is 2.43. The summed E-state index contributed by atoms with van der Waals surface area (Å²) in [5, 5.41) is 23.4. The SMILES string of the molecule is CC(=O)C1(c2ccccc2)CCN(C(=O)[C@H](O)C(O)C(=O)N[C@@H](C)c2ccc(Br)cc2)CC1. The summed E-state index contributed by atoms with van der Waals surface area (Å²) in [5.74, 6) is -1.52. The van der Waals surface area contributed by atoms with Crippen LogP contribution in [0.3, 0.4) is 0 Å². The number of hydrogen-bond donors (Lipinski definition) is 3. The number of aliphatic hydroxyl groups is 2. The largest absolute Gasteiger partial charge is 0.380 e. The molecule has 2 amide bonds. The van der Waals surface area contributed by atoms with Gasteiger partial charge < -0.3 is 20.4 Å². The van der Waals surface area contributed by atoms with Gasteiger partial charge in [-0.1, -0.05) is 58.4 Å². The highest BCUT2D eigenvalue weighted by atomic mass is 79.9. The molecule has 1 saturated heterocycles. The van der Waals surface area contributed by atoms with E-state index in [-0.39, 0.29) is 18.9 Å². The van der Waals surface area contributed by atoms with Crippen LogP contribution in [0.5, 0.6) is 0 Å². The van der Waals surface area contributed by atoms with Crippen LogP contribution in [0.15, 0.2) is 59.1 Å². The molecule has 0 radical (unpaired) electrons. The molecule has 1 heterocycles. The molecule has 33 heavy (non-hydrogen) atoms. The van der Waals surface area contributed by atoms with Gasteiger partial charge in [0.05, 0.1) is 11.5 Å². The van der Waals surface area contributed by atoms with Gasteiger partial charge in [0.1, 0.15) is 5.78 Å². The monoisotopic (exact) mass is 516 g/mol. The molecule has 3 atom stereocenters. The van der Waals surface area contributed by atoms with Gasteiger partial charge in [-0.2, -0.15) is 0 Å². The summed E-state index contributed by atoms with van der Waals surface area (Å²) >= 11 is 3.35. The lowest BCUT2D eigenvalue weighted by Crippen LogP contribution is -2.55. The van der Waals surface area contributed by atoms with Crippen molar-refractivity contribution in [2.75, 3.05) is 13.1 Å². The number of rotatable bonds is 7. The third kappa shape index (κ3) is 5.51. The third-order valence-electron chi connectivity index (χ3n) is 6.48. The van der Waals surface area contributed by atoms with Crippen LogP contribution in [0, 0.1) is 0 Å². The average molecular weight is 517 g/mol. The van der Waals surface area contributed by atoms with Crippen LogP contribution in [0.2, 0.25) is 0 Å². The number of carbonyl (C=O) groups excluding carboxylic acids is 3. The first-order valence-electron chi connectivity index (χ1n) is 10.9. The Labute approximate surface area is 201 Å². The van der Waals surface area contributed by atoms with Crippen LogP contribution >= 0.6 is 15.9 Å². The number of carbonyl (C=O) groups is 3. The minimum Gasteiger partial charge on any atom is -0.380 e. The maximum absolute atomic E-state index is 12.8. The van der Waals surface area contributed by atoms with Crippen molar-refractivity contribution in [2.24, 2.45) is 0 Å². The second kappa shape index (κ2) is 10.6. The van der Waals surface area contributed by atoms with Crippen molar-refractivity contribution in [3.8, 4) is 0 Å². The van der Waals surface area contributed by atoms with Gasteiger partial charge in [0.25, 0.3) is 11.8 Å². The highest BCUT2D eigenvalue weighted by molar-refractivity contribution is 9.10. The van der Waals surface area contributed by atoms with Crippen molar-refractivity contribution in [3.05, 3.63) is 70.2 Å². The lowest BCUT2D eigenvalue weighted by atomic mass is 9.70. The number of aliphatic hydroxyl groups excluding tert-OH is 2. The molecule has 0 spiro atoms. The Balaban J connectivity index is 1.61. The fraction of sp³-hybridized carbons (Fsp3) is 0.400. The first-order valence-corrected chi connectivity index (χ1v) is 11.7. The van der Waals surface area contributed by atoms with Crippen molar-refractivity contribution < 1.29 is 24.6 Å². The number of Topliss-reactive ketones (excluding diaryl/α,β-unsaturated/α-hetero) is 1. The van der Waals surface area contributed by atoms with Crippen LogP contribution < -0.4 is 5.32 Å². The molecule has 176 valence electrons. The Hall–Kier alpha value is -2.55. The molecule has 0 aliphatic carbocycles. The van der Waals surface area contributed by atoms with E-state index in [1.807, 2.05) is 54.6 Å². The molecule has 0 saturated carbocycles. The molecule has 3 rings (SSSR count). The van der Waals surface area contributed by atoms with Gasteiger partial charge in [0, 0.05) is 17.6 Å². The zero-order valence-electron chi connectivity index (χ0n) is 18.7. The fourth-order valence-electron chi connectivity index (χ4n) is 4.31. The smallest absolute Gasteiger partial charge is 0.254 e. The van der Waals surface area contributed by atoms with E-state index in [4.69, 9.17) is 0 Å². The average Bonchev–Trinajstić information content (AvgIpc) is 2.83. The van der Waals surface area contributed by atoms with E-state index in [2.05, 4.69) is 21.2 Å². The Kier molecular flexibility index (Phi) is 8.05. The molecule has 7 nitrogen and oxygen atoms in total. The van der Waals surface area contributed by atoms with E-state index in [1.165, 1.54) is 4.90 Å². The minimum absolute atomic E-state index is 0.0303. The maximum atomic E-state index is 12.8. The summed E-state index contributed by atoms with van der Waals surface area (Å²) in [7, 11) is 0. The van der Waals surface area contributed by atoms with Gasteiger partial charge in [-0.15, -0.1) is 0 Å². The van der Waals surface area contributed by atoms with Crippen LogP contribution in [-0.2, 0) is 19.8 Å². The summed E-state index contributed by atoms with van der Waals surface area (Å²) < 4.78 is 0.897. The third-order valence-corrected chi connectivity index (χ3v) is 7.01. The van der Waals surface area contributed by atoms with E-state index in [9.17, 15) is 24.6 Å². The molecule has 2 aromatic carbocycles. The van der Waals surface area contributed by atoms with E-state index in [1.54, 1.807) is 13.8 Å². The number of hydrogen-bond acceptors (Lipinski definition) is 5. The zero-order chi connectivity index (χ0) is 24.2. The van der Waals surface area contributed by atoms with Gasteiger partial charge in [0.15, 0.2) is 12.2 Å². The maximum Gasteiger partial charge on any atom is 0.254 e. The van der Waals surface area contributed by atoms with E-state index in [0.29, 0.717) is 12.8 Å². The van der Waals surface area contributed by atoms with E-state index in [0.717, 1.165) is 15.6 Å². The molecular weight excluding hydrogens is 488 g/mol. The topological polar surface area (TPSA) is 107 Å². The highest BCUT2D eigenvalue weighted by Crippen LogP contribution is 2.36. The number of amides is 2. The second-order valence-corrected chi connectivity index (χ2v) is 9.42. The Morgan fingerprint density at radius 1 is 0.970 bits per heavy atom. The van der Waals surface area contributed by atoms with Gasteiger partial charge >= 0.3 is 0 Å². The Bertz CT molecular complexity index is 988. The molecule has 0 bridgehead atoms. The van der Waals surface area contributed by atoms with Gasteiger partial charge in [-0.05, 0) is 49.9 Å². The Morgan fingerprint density at radius 3 is 2.09 bits per heavy atom. The van der Waals surface area contributed by atoms with Crippen LogP contribution in [-0.4, -0.2) is 58.0 Å². The lowest BCUT2D eigenvalue weighted by Gasteiger charge is -2.41. The fourth-order valence-corrected chi connectivity index (χ4v) is 4.57. The Morgan fingerprint density at radius 2 is 1.55 bits per heavy atom. The van der Waals surface area contributed by atoms with Crippen LogP contribution in [0.1, 0.15) is 43.9 Å². The summed E-state index contributed by atoms with van der Waals surface area (Å²) in [6.45, 7) is 3.79. The van der Waals surface area contributed by atoms with Crippen molar-refractivity contribution >= 4 is 33.5 Å². The summed E-state index contributed by atoms with van der Waals surface area (Å²) in [6, 6.07) is 16.4. The van der Waals surface area contributed by atoms with E-state index < -0.39 is 35.5 Å². The van der Waals surface area contributed by atoms with Gasteiger partial charge in [-0.3, -0.25) is 14.4 Å². The van der Waals surface area contributed by atoms with Crippen molar-refractivity contribution in [3.63, 3.8) is 0 Å². The summed E-state index contributed by atoms with van der Waals surface area (Å²) in [5.41, 5.74) is 1.04. The molecule has 8 heteroatoms.